The highest BCUT2D eigenvalue weighted by Crippen LogP contribution is 2.22. The second kappa shape index (κ2) is 5.28. The van der Waals surface area contributed by atoms with E-state index in [0.29, 0.717) is 12.1 Å². The molecule has 2 saturated heterocycles. The molecular weight excluding hydrogens is 241 g/mol. The number of nitriles is 1. The Labute approximate surface area is 113 Å². The number of rotatable bonds is 2. The van der Waals surface area contributed by atoms with Gasteiger partial charge in [-0.25, -0.2) is 4.39 Å². The molecule has 2 aliphatic heterocycles. The molecule has 2 heterocycles. The number of hydrogen-bond acceptors (Lipinski definition) is 3. The van der Waals surface area contributed by atoms with E-state index in [1.54, 1.807) is 12.1 Å². The first kappa shape index (κ1) is 12.6. The summed E-state index contributed by atoms with van der Waals surface area (Å²) in [5.41, 5.74) is 1.17. The van der Waals surface area contributed by atoms with Crippen molar-refractivity contribution in [3.63, 3.8) is 0 Å². The van der Waals surface area contributed by atoms with Crippen LogP contribution in [-0.2, 0) is 6.54 Å². The van der Waals surface area contributed by atoms with Gasteiger partial charge < -0.3 is 5.32 Å². The second-order valence-electron chi connectivity index (χ2n) is 5.59. The Kier molecular flexibility index (Phi) is 3.50. The number of hydrogen-bond donors (Lipinski definition) is 1. The molecule has 0 amide bonds. The molecule has 4 heteroatoms. The molecule has 2 unspecified atom stereocenters. The number of nitrogens with zero attached hydrogens (tertiary/aromatic N) is 2. The zero-order valence-corrected chi connectivity index (χ0v) is 10.9. The van der Waals surface area contributed by atoms with Crippen molar-refractivity contribution in [1.29, 1.82) is 5.26 Å². The van der Waals surface area contributed by atoms with Gasteiger partial charge in [0.15, 0.2) is 0 Å². The van der Waals surface area contributed by atoms with Crippen molar-refractivity contribution in [2.45, 2.75) is 37.9 Å². The Hall–Kier alpha value is -1.44. The van der Waals surface area contributed by atoms with E-state index in [2.05, 4.69) is 10.2 Å². The van der Waals surface area contributed by atoms with Crippen LogP contribution in [0.15, 0.2) is 18.2 Å². The van der Waals surface area contributed by atoms with E-state index >= 15 is 0 Å². The van der Waals surface area contributed by atoms with Gasteiger partial charge in [0.25, 0.3) is 0 Å². The third-order valence-electron chi connectivity index (χ3n) is 4.16. The maximum absolute atomic E-state index is 13.3. The van der Waals surface area contributed by atoms with E-state index in [-0.39, 0.29) is 5.56 Å². The number of nitrogens with one attached hydrogen (secondary N) is 1. The summed E-state index contributed by atoms with van der Waals surface area (Å²) in [6.07, 6.45) is 3.74. The summed E-state index contributed by atoms with van der Waals surface area (Å²) >= 11 is 0. The normalized spacial score (nSPS) is 26.9. The lowest BCUT2D eigenvalue weighted by molar-refractivity contribution is 0.251. The van der Waals surface area contributed by atoms with Crippen LogP contribution in [0.3, 0.4) is 0 Å². The van der Waals surface area contributed by atoms with Crippen molar-refractivity contribution in [1.82, 2.24) is 10.2 Å². The maximum atomic E-state index is 13.3. The summed E-state index contributed by atoms with van der Waals surface area (Å²) < 4.78 is 13.3. The first-order valence-corrected chi connectivity index (χ1v) is 6.91. The first-order chi connectivity index (χ1) is 9.24. The Morgan fingerprint density at radius 1 is 1.32 bits per heavy atom. The third-order valence-corrected chi connectivity index (χ3v) is 4.16. The van der Waals surface area contributed by atoms with Gasteiger partial charge in [-0.05, 0) is 37.0 Å². The van der Waals surface area contributed by atoms with Crippen molar-refractivity contribution in [2.75, 3.05) is 13.1 Å². The number of benzene rings is 1. The lowest BCUT2D eigenvalue weighted by atomic mass is 10.1. The molecule has 2 fully saturated rings. The topological polar surface area (TPSA) is 39.1 Å². The van der Waals surface area contributed by atoms with E-state index < -0.39 is 5.82 Å². The van der Waals surface area contributed by atoms with Crippen LogP contribution in [-0.4, -0.2) is 30.1 Å². The molecule has 2 atom stereocenters. The fraction of sp³-hybridized carbons (Fsp3) is 0.533. The standard InChI is InChI=1S/C15H18FN3/c16-15-4-1-11(7-12(15)8-17)9-19-6-5-13-2-3-14(10-19)18-13/h1,4,7,13-14,18H,2-3,5-6,9-10H2. The number of halogens is 1. The fourth-order valence-corrected chi connectivity index (χ4v) is 3.17. The lowest BCUT2D eigenvalue weighted by Crippen LogP contribution is -2.34. The van der Waals surface area contributed by atoms with Gasteiger partial charge in [-0.3, -0.25) is 4.90 Å². The molecule has 3 nitrogen and oxygen atoms in total. The largest absolute Gasteiger partial charge is 0.310 e. The van der Waals surface area contributed by atoms with Gasteiger partial charge in [-0.1, -0.05) is 6.07 Å². The lowest BCUT2D eigenvalue weighted by Gasteiger charge is -2.24. The summed E-state index contributed by atoms with van der Waals surface area (Å²) in [7, 11) is 0. The predicted octanol–water partition coefficient (Wildman–Crippen LogP) is 2.02. The van der Waals surface area contributed by atoms with Crippen LogP contribution in [0.5, 0.6) is 0 Å². The van der Waals surface area contributed by atoms with Gasteiger partial charge in [0.2, 0.25) is 0 Å². The Morgan fingerprint density at radius 2 is 2.16 bits per heavy atom. The highest BCUT2D eigenvalue weighted by atomic mass is 19.1. The zero-order chi connectivity index (χ0) is 13.2. The van der Waals surface area contributed by atoms with E-state index in [0.717, 1.165) is 25.2 Å². The average Bonchev–Trinajstić information content (AvgIpc) is 2.75. The van der Waals surface area contributed by atoms with Gasteiger partial charge in [-0.15, -0.1) is 0 Å². The molecule has 2 aliphatic rings. The van der Waals surface area contributed by atoms with Crippen molar-refractivity contribution in [2.24, 2.45) is 0 Å². The van der Waals surface area contributed by atoms with Gasteiger partial charge in [0.05, 0.1) is 5.56 Å². The summed E-state index contributed by atoms with van der Waals surface area (Å²) in [4.78, 5) is 2.41. The Morgan fingerprint density at radius 3 is 3.00 bits per heavy atom. The van der Waals surface area contributed by atoms with Crippen molar-refractivity contribution in [3.05, 3.63) is 35.1 Å². The van der Waals surface area contributed by atoms with Gasteiger partial charge in [0.1, 0.15) is 11.9 Å². The monoisotopic (exact) mass is 259 g/mol. The molecule has 0 radical (unpaired) electrons. The van der Waals surface area contributed by atoms with E-state index in [1.807, 2.05) is 6.07 Å². The van der Waals surface area contributed by atoms with Crippen LogP contribution in [0.1, 0.15) is 30.4 Å². The van der Waals surface area contributed by atoms with E-state index in [4.69, 9.17) is 5.26 Å². The summed E-state index contributed by atoms with van der Waals surface area (Å²) in [6.45, 7) is 2.93. The molecule has 1 N–H and O–H groups in total. The third kappa shape index (κ3) is 2.78. The van der Waals surface area contributed by atoms with Crippen molar-refractivity contribution >= 4 is 0 Å². The predicted molar refractivity (Wildman–Crippen MR) is 71.0 cm³/mol. The molecule has 2 bridgehead atoms. The van der Waals surface area contributed by atoms with Gasteiger partial charge >= 0.3 is 0 Å². The zero-order valence-electron chi connectivity index (χ0n) is 10.9. The highest BCUT2D eigenvalue weighted by molar-refractivity contribution is 5.34. The highest BCUT2D eigenvalue weighted by Gasteiger charge is 2.29. The first-order valence-electron chi connectivity index (χ1n) is 6.91. The van der Waals surface area contributed by atoms with Crippen LogP contribution in [0.4, 0.5) is 4.39 Å². The second-order valence-corrected chi connectivity index (χ2v) is 5.59. The summed E-state index contributed by atoms with van der Waals surface area (Å²) in [6, 6.07) is 8.04. The molecule has 3 rings (SSSR count). The van der Waals surface area contributed by atoms with E-state index in [9.17, 15) is 4.39 Å². The Bertz CT molecular complexity index is 509. The smallest absolute Gasteiger partial charge is 0.140 e. The van der Waals surface area contributed by atoms with E-state index in [1.165, 1.54) is 25.3 Å². The fourth-order valence-electron chi connectivity index (χ4n) is 3.17. The quantitative estimate of drug-likeness (QED) is 0.883. The van der Waals surface area contributed by atoms with Crippen LogP contribution >= 0.6 is 0 Å². The van der Waals surface area contributed by atoms with Crippen LogP contribution in [0.25, 0.3) is 0 Å². The molecule has 100 valence electrons. The van der Waals surface area contributed by atoms with Crippen LogP contribution in [0.2, 0.25) is 0 Å². The number of fused-ring (bicyclic) bond motifs is 2. The molecule has 19 heavy (non-hydrogen) atoms. The molecule has 0 saturated carbocycles. The van der Waals surface area contributed by atoms with Gasteiger partial charge in [0, 0.05) is 31.7 Å². The SMILES string of the molecule is N#Cc1cc(CN2CCC3CCC(C2)N3)ccc1F. The molecular formula is C15H18FN3. The average molecular weight is 259 g/mol. The van der Waals surface area contributed by atoms with Crippen LogP contribution in [0, 0.1) is 17.1 Å². The van der Waals surface area contributed by atoms with Crippen molar-refractivity contribution in [3.8, 4) is 6.07 Å². The Balaban J connectivity index is 1.69. The number of likely N-dealkylation sites (tertiary alicyclic amines) is 1. The van der Waals surface area contributed by atoms with Crippen LogP contribution < -0.4 is 5.32 Å². The summed E-state index contributed by atoms with van der Waals surface area (Å²) in [5, 5.41) is 12.5. The molecule has 0 aliphatic carbocycles. The van der Waals surface area contributed by atoms with Gasteiger partial charge in [-0.2, -0.15) is 5.26 Å². The maximum Gasteiger partial charge on any atom is 0.140 e. The minimum absolute atomic E-state index is 0.145. The minimum atomic E-state index is -0.428. The van der Waals surface area contributed by atoms with Crippen molar-refractivity contribution < 1.29 is 4.39 Å². The molecule has 1 aromatic rings. The minimum Gasteiger partial charge on any atom is -0.310 e. The molecule has 1 aromatic carbocycles. The summed E-state index contributed by atoms with van der Waals surface area (Å²) in [5.74, 6) is -0.428. The molecule has 0 spiro atoms. The molecule has 0 aromatic heterocycles.